The highest BCUT2D eigenvalue weighted by molar-refractivity contribution is 5.75. The zero-order valence-electron chi connectivity index (χ0n) is 11.0. The van der Waals surface area contributed by atoms with Crippen LogP contribution in [-0.4, -0.2) is 34.4 Å². The molecule has 0 saturated carbocycles. The Balaban J connectivity index is 3.01. The van der Waals surface area contributed by atoms with Crippen molar-refractivity contribution in [2.24, 2.45) is 5.73 Å². The maximum atomic E-state index is 11.3. The molecule has 1 aromatic carbocycles. The molecule has 0 aliphatic carbocycles. The molecule has 0 fully saturated rings. The van der Waals surface area contributed by atoms with Gasteiger partial charge in [0.2, 0.25) is 0 Å². The summed E-state index contributed by atoms with van der Waals surface area (Å²) in [6.45, 7) is 1.86. The maximum Gasteiger partial charge on any atom is 0.322 e. The van der Waals surface area contributed by atoms with Gasteiger partial charge in [-0.05, 0) is 24.8 Å². The molecule has 0 aliphatic heterocycles. The molecule has 0 radical (unpaired) electrons. The Morgan fingerprint density at radius 1 is 1.37 bits per heavy atom. The summed E-state index contributed by atoms with van der Waals surface area (Å²) in [5, 5.41) is 28.8. The van der Waals surface area contributed by atoms with Crippen LogP contribution >= 0.6 is 0 Å². The fraction of sp³-hybridized carbons (Fsp3) is 0.462. The summed E-state index contributed by atoms with van der Waals surface area (Å²) in [6, 6.07) is 1.58. The molecule has 6 nitrogen and oxygen atoms in total. The van der Waals surface area contributed by atoms with Crippen molar-refractivity contribution in [2.75, 3.05) is 7.11 Å². The zero-order chi connectivity index (χ0) is 14.6. The number of hydrogen-bond acceptors (Lipinski definition) is 6. The molecule has 0 amide bonds. The van der Waals surface area contributed by atoms with Crippen LogP contribution in [0.25, 0.3) is 0 Å². The van der Waals surface area contributed by atoms with Crippen LogP contribution in [0.1, 0.15) is 31.2 Å². The van der Waals surface area contributed by atoms with E-state index < -0.39 is 17.8 Å². The highest BCUT2D eigenvalue weighted by Crippen LogP contribution is 2.40. The summed E-state index contributed by atoms with van der Waals surface area (Å²) in [5.74, 6) is -1.67. The van der Waals surface area contributed by atoms with Crippen LogP contribution in [0.15, 0.2) is 12.1 Å². The first kappa shape index (κ1) is 15.1. The number of methoxy groups -OCH3 is 1. The van der Waals surface area contributed by atoms with Crippen LogP contribution in [0.5, 0.6) is 17.2 Å². The van der Waals surface area contributed by atoms with E-state index in [1.807, 2.05) is 6.92 Å². The average Bonchev–Trinajstić information content (AvgIpc) is 2.39. The Labute approximate surface area is 111 Å². The standard InChI is InChI=1S/C13H19NO5/c1-3-7(4-10(14)13(18)19-2)9-5-8(15)6-11(16)12(9)17/h5-7,10,15-17H,3-4,14H2,1-2H3. The summed E-state index contributed by atoms with van der Waals surface area (Å²) in [4.78, 5) is 11.3. The molecule has 1 rings (SSSR count). The predicted molar refractivity (Wildman–Crippen MR) is 69.1 cm³/mol. The predicted octanol–water partition coefficient (Wildman–Crippen LogP) is 1.19. The second kappa shape index (κ2) is 6.29. The quantitative estimate of drug-likeness (QED) is 0.363. The molecule has 106 valence electrons. The number of phenolic OH excluding ortho intramolecular Hbond substituents is 3. The first-order valence-corrected chi connectivity index (χ1v) is 5.98. The number of carbonyl (C=O) groups excluding carboxylic acids is 1. The summed E-state index contributed by atoms with van der Waals surface area (Å²) in [7, 11) is 1.25. The van der Waals surface area contributed by atoms with E-state index in [-0.39, 0.29) is 23.8 Å². The number of carbonyl (C=O) groups is 1. The van der Waals surface area contributed by atoms with E-state index in [0.29, 0.717) is 12.0 Å². The van der Waals surface area contributed by atoms with Crippen LogP contribution in [-0.2, 0) is 9.53 Å². The lowest BCUT2D eigenvalue weighted by Gasteiger charge is -2.20. The van der Waals surface area contributed by atoms with Gasteiger partial charge < -0.3 is 25.8 Å². The molecule has 0 spiro atoms. The van der Waals surface area contributed by atoms with E-state index >= 15 is 0 Å². The van der Waals surface area contributed by atoms with Crippen molar-refractivity contribution in [3.8, 4) is 17.2 Å². The summed E-state index contributed by atoms with van der Waals surface area (Å²) in [6.07, 6.45) is 0.834. The second-order valence-electron chi connectivity index (χ2n) is 4.37. The van der Waals surface area contributed by atoms with Crippen molar-refractivity contribution < 1.29 is 24.9 Å². The van der Waals surface area contributed by atoms with Crippen molar-refractivity contribution in [3.05, 3.63) is 17.7 Å². The van der Waals surface area contributed by atoms with E-state index in [1.54, 1.807) is 0 Å². The second-order valence-corrected chi connectivity index (χ2v) is 4.37. The summed E-state index contributed by atoms with van der Waals surface area (Å²) >= 11 is 0. The number of aromatic hydroxyl groups is 3. The van der Waals surface area contributed by atoms with Gasteiger partial charge in [-0.1, -0.05) is 6.92 Å². The van der Waals surface area contributed by atoms with Crippen LogP contribution in [0.4, 0.5) is 0 Å². The van der Waals surface area contributed by atoms with E-state index in [2.05, 4.69) is 4.74 Å². The summed E-state index contributed by atoms with van der Waals surface area (Å²) in [5.41, 5.74) is 6.05. The van der Waals surface area contributed by atoms with Crippen LogP contribution < -0.4 is 5.73 Å². The average molecular weight is 269 g/mol. The number of nitrogens with two attached hydrogens (primary N) is 1. The molecule has 5 N–H and O–H groups in total. The molecule has 1 aromatic rings. The molecule has 6 heteroatoms. The monoisotopic (exact) mass is 269 g/mol. The fourth-order valence-corrected chi connectivity index (χ4v) is 2.00. The Morgan fingerprint density at radius 2 is 2.00 bits per heavy atom. The van der Waals surface area contributed by atoms with Crippen LogP contribution in [0.2, 0.25) is 0 Å². The zero-order valence-corrected chi connectivity index (χ0v) is 11.0. The smallest absolute Gasteiger partial charge is 0.322 e. The number of ether oxygens (including phenoxy) is 1. The number of esters is 1. The summed E-state index contributed by atoms with van der Waals surface area (Å²) < 4.78 is 4.55. The maximum absolute atomic E-state index is 11.3. The van der Waals surface area contributed by atoms with Crippen LogP contribution in [0, 0.1) is 0 Å². The lowest BCUT2D eigenvalue weighted by atomic mass is 9.89. The molecule has 0 aliphatic rings. The first-order chi connectivity index (χ1) is 8.90. The van der Waals surface area contributed by atoms with Gasteiger partial charge in [-0.3, -0.25) is 4.79 Å². The molecule has 0 heterocycles. The minimum atomic E-state index is -0.821. The highest BCUT2D eigenvalue weighted by atomic mass is 16.5. The van der Waals surface area contributed by atoms with Gasteiger partial charge in [0.15, 0.2) is 11.5 Å². The lowest BCUT2D eigenvalue weighted by Crippen LogP contribution is -2.33. The van der Waals surface area contributed by atoms with Crippen molar-refractivity contribution >= 4 is 5.97 Å². The molecule has 2 unspecified atom stereocenters. The van der Waals surface area contributed by atoms with Gasteiger partial charge in [0.1, 0.15) is 11.8 Å². The number of benzene rings is 1. The number of rotatable bonds is 5. The van der Waals surface area contributed by atoms with Crippen molar-refractivity contribution in [1.82, 2.24) is 0 Å². The van der Waals surface area contributed by atoms with E-state index in [0.717, 1.165) is 6.07 Å². The van der Waals surface area contributed by atoms with E-state index in [1.165, 1.54) is 13.2 Å². The SMILES string of the molecule is CCC(CC(N)C(=O)OC)c1cc(O)cc(O)c1O. The number of phenols is 3. The van der Waals surface area contributed by atoms with Gasteiger partial charge in [0.25, 0.3) is 0 Å². The molecule has 2 atom stereocenters. The van der Waals surface area contributed by atoms with E-state index in [4.69, 9.17) is 5.73 Å². The Morgan fingerprint density at radius 3 is 2.53 bits per heavy atom. The lowest BCUT2D eigenvalue weighted by molar-refractivity contribution is -0.142. The van der Waals surface area contributed by atoms with Crippen molar-refractivity contribution in [2.45, 2.75) is 31.7 Å². The first-order valence-electron chi connectivity index (χ1n) is 5.98. The third kappa shape index (κ3) is 3.51. The van der Waals surface area contributed by atoms with Crippen molar-refractivity contribution in [3.63, 3.8) is 0 Å². The third-order valence-electron chi connectivity index (χ3n) is 3.08. The molecule has 0 bridgehead atoms. The highest BCUT2D eigenvalue weighted by Gasteiger charge is 2.23. The van der Waals surface area contributed by atoms with Gasteiger partial charge in [-0.2, -0.15) is 0 Å². The molecule has 19 heavy (non-hydrogen) atoms. The van der Waals surface area contributed by atoms with Gasteiger partial charge in [-0.15, -0.1) is 0 Å². The van der Waals surface area contributed by atoms with E-state index in [9.17, 15) is 20.1 Å². The minimum Gasteiger partial charge on any atom is -0.508 e. The number of hydrogen-bond donors (Lipinski definition) is 4. The van der Waals surface area contributed by atoms with Gasteiger partial charge >= 0.3 is 5.97 Å². The Hall–Kier alpha value is -1.95. The fourth-order valence-electron chi connectivity index (χ4n) is 2.00. The molecule has 0 saturated heterocycles. The molecular formula is C13H19NO5. The van der Waals surface area contributed by atoms with Gasteiger partial charge in [0, 0.05) is 11.6 Å². The van der Waals surface area contributed by atoms with Crippen LogP contribution in [0.3, 0.4) is 0 Å². The van der Waals surface area contributed by atoms with Crippen molar-refractivity contribution in [1.29, 1.82) is 0 Å². The Kier molecular flexibility index (Phi) is 5.00. The largest absolute Gasteiger partial charge is 0.508 e. The molecule has 0 aromatic heterocycles. The van der Waals surface area contributed by atoms with Gasteiger partial charge in [0.05, 0.1) is 7.11 Å². The third-order valence-corrected chi connectivity index (χ3v) is 3.08. The molecular weight excluding hydrogens is 250 g/mol. The topological polar surface area (TPSA) is 113 Å². The van der Waals surface area contributed by atoms with Gasteiger partial charge in [-0.25, -0.2) is 0 Å². The minimum absolute atomic E-state index is 0.157. The normalized spacial score (nSPS) is 13.8. The Bertz CT molecular complexity index is 461.